The monoisotopic (exact) mass is 512 g/mol. The molecule has 0 bridgehead atoms. The van der Waals surface area contributed by atoms with Gasteiger partial charge in [-0.1, -0.05) is 86.7 Å². The van der Waals surface area contributed by atoms with Gasteiger partial charge in [-0.15, -0.1) is 10.2 Å². The molecule has 0 aliphatic carbocycles. The lowest BCUT2D eigenvalue weighted by molar-refractivity contribution is -0.118. The minimum absolute atomic E-state index is 0.193. The maximum Gasteiger partial charge on any atom is 0.250 e. The van der Waals surface area contributed by atoms with E-state index >= 15 is 0 Å². The highest BCUT2D eigenvalue weighted by Crippen LogP contribution is 2.30. The molecule has 0 aliphatic rings. The first-order valence-electron chi connectivity index (χ1n) is 7.99. The third kappa shape index (κ3) is 7.21. The van der Waals surface area contributed by atoms with Gasteiger partial charge in [-0.2, -0.15) is 5.10 Å². The van der Waals surface area contributed by atoms with Gasteiger partial charge >= 0.3 is 0 Å². The van der Waals surface area contributed by atoms with Crippen LogP contribution in [0.2, 0.25) is 5.02 Å². The lowest BCUT2D eigenvalue weighted by Crippen LogP contribution is -2.19. The number of rotatable bonds is 8. The van der Waals surface area contributed by atoms with Crippen molar-refractivity contribution >= 4 is 74.5 Å². The molecule has 1 heterocycles. The van der Waals surface area contributed by atoms with Crippen molar-refractivity contribution in [3.05, 3.63) is 69.2 Å². The largest absolute Gasteiger partial charge is 0.272 e. The zero-order valence-corrected chi connectivity index (χ0v) is 19.1. The first-order valence-corrected chi connectivity index (χ1v) is 12.0. The topological polar surface area (TPSA) is 67.2 Å². The first kappa shape index (κ1) is 21.3. The van der Waals surface area contributed by atoms with Crippen LogP contribution < -0.4 is 5.43 Å². The predicted octanol–water partition coefficient (Wildman–Crippen LogP) is 5.49. The molecule has 0 spiro atoms. The Kier molecular flexibility index (Phi) is 8.35. The van der Waals surface area contributed by atoms with E-state index in [4.69, 9.17) is 11.6 Å². The van der Waals surface area contributed by atoms with E-state index in [0.717, 1.165) is 29.5 Å². The predicted molar refractivity (Wildman–Crippen MR) is 122 cm³/mol. The Morgan fingerprint density at radius 3 is 2.68 bits per heavy atom. The van der Waals surface area contributed by atoms with Crippen molar-refractivity contribution in [3.8, 4) is 0 Å². The summed E-state index contributed by atoms with van der Waals surface area (Å²) in [5, 5.41) is 13.0. The van der Waals surface area contributed by atoms with Gasteiger partial charge in [0.1, 0.15) is 0 Å². The van der Waals surface area contributed by atoms with Crippen LogP contribution in [0.25, 0.3) is 0 Å². The quantitative estimate of drug-likeness (QED) is 0.245. The molecule has 1 amide bonds. The normalized spacial score (nSPS) is 11.1. The maximum atomic E-state index is 11.9. The van der Waals surface area contributed by atoms with E-state index in [9.17, 15) is 4.79 Å². The van der Waals surface area contributed by atoms with E-state index < -0.39 is 0 Å². The Hall–Kier alpha value is -1.39. The van der Waals surface area contributed by atoms with Gasteiger partial charge in [0, 0.05) is 15.2 Å². The molecule has 144 valence electrons. The average Bonchev–Trinajstić information content (AvgIpc) is 3.14. The summed E-state index contributed by atoms with van der Waals surface area (Å²) in [6.07, 6.45) is 1.60. The van der Waals surface area contributed by atoms with Crippen LogP contribution in [-0.2, 0) is 10.5 Å². The molecule has 1 N–H and O–H groups in total. The minimum atomic E-state index is -0.193. The van der Waals surface area contributed by atoms with Gasteiger partial charge in [0.05, 0.1) is 12.0 Å². The van der Waals surface area contributed by atoms with Crippen LogP contribution in [0.5, 0.6) is 0 Å². The molecule has 2 aromatic carbocycles. The SMILES string of the molecule is O=C(CSc1nnc(SCc2ccc(Cl)cc2)s1)N/N=C\c1cccc(Br)c1. The molecule has 5 nitrogen and oxygen atoms in total. The van der Waals surface area contributed by atoms with Gasteiger partial charge < -0.3 is 0 Å². The molecule has 0 atom stereocenters. The molecule has 0 fully saturated rings. The Morgan fingerprint density at radius 1 is 1.18 bits per heavy atom. The highest BCUT2D eigenvalue weighted by molar-refractivity contribution is 9.10. The third-order valence-corrected chi connectivity index (χ3v) is 7.25. The summed E-state index contributed by atoms with van der Waals surface area (Å²) >= 11 is 13.7. The zero-order chi connectivity index (χ0) is 19.8. The number of aromatic nitrogens is 2. The van der Waals surface area contributed by atoms with Crippen LogP contribution in [0.15, 0.2) is 66.8 Å². The molecular formula is C18H14BrClN4OS3. The van der Waals surface area contributed by atoms with E-state index in [1.54, 1.807) is 18.0 Å². The third-order valence-electron chi connectivity index (χ3n) is 3.24. The van der Waals surface area contributed by atoms with Crippen LogP contribution in [0.3, 0.4) is 0 Å². The molecule has 3 rings (SSSR count). The van der Waals surface area contributed by atoms with Crippen LogP contribution in [0.4, 0.5) is 0 Å². The molecule has 28 heavy (non-hydrogen) atoms. The van der Waals surface area contributed by atoms with Crippen molar-refractivity contribution in [2.24, 2.45) is 5.10 Å². The molecule has 0 saturated heterocycles. The van der Waals surface area contributed by atoms with Gasteiger partial charge in [-0.05, 0) is 35.4 Å². The Labute approximate surface area is 188 Å². The first-order chi connectivity index (χ1) is 13.6. The van der Waals surface area contributed by atoms with Gasteiger partial charge in [0.15, 0.2) is 8.68 Å². The molecular weight excluding hydrogens is 500 g/mol. The van der Waals surface area contributed by atoms with E-state index in [2.05, 4.69) is 36.7 Å². The summed E-state index contributed by atoms with van der Waals surface area (Å²) < 4.78 is 2.58. The summed E-state index contributed by atoms with van der Waals surface area (Å²) in [4.78, 5) is 11.9. The standard InChI is InChI=1S/C18H14BrClN4OS3/c19-14-3-1-2-13(8-14)9-21-22-16(25)11-27-18-24-23-17(28-18)26-10-12-4-6-15(20)7-5-12/h1-9H,10-11H2,(H,22,25)/b21-9-. The van der Waals surface area contributed by atoms with E-state index in [-0.39, 0.29) is 11.7 Å². The fraction of sp³-hybridized carbons (Fsp3) is 0.111. The van der Waals surface area contributed by atoms with Gasteiger partial charge in [0.25, 0.3) is 5.91 Å². The summed E-state index contributed by atoms with van der Waals surface area (Å²) in [6.45, 7) is 0. The fourth-order valence-corrected chi connectivity index (χ4v) is 5.28. The van der Waals surface area contributed by atoms with E-state index in [1.807, 2.05) is 48.5 Å². The van der Waals surface area contributed by atoms with Gasteiger partial charge in [-0.25, -0.2) is 5.43 Å². The van der Waals surface area contributed by atoms with Gasteiger partial charge in [0.2, 0.25) is 0 Å². The smallest absolute Gasteiger partial charge is 0.250 e. The van der Waals surface area contributed by atoms with Gasteiger partial charge in [-0.3, -0.25) is 4.79 Å². The van der Waals surface area contributed by atoms with Crippen molar-refractivity contribution in [2.75, 3.05) is 5.75 Å². The van der Waals surface area contributed by atoms with Crippen LogP contribution in [0.1, 0.15) is 11.1 Å². The number of hydrogen-bond donors (Lipinski definition) is 1. The second-order valence-corrected chi connectivity index (χ2v) is 10.2. The van der Waals surface area contributed by atoms with E-state index in [1.165, 1.54) is 28.7 Å². The molecule has 0 unspecified atom stereocenters. The number of carbonyl (C=O) groups excluding carboxylic acids is 1. The Balaban J connectivity index is 1.41. The Morgan fingerprint density at radius 2 is 1.93 bits per heavy atom. The molecule has 0 aliphatic heterocycles. The minimum Gasteiger partial charge on any atom is -0.272 e. The number of thioether (sulfide) groups is 2. The zero-order valence-electron chi connectivity index (χ0n) is 14.3. The molecule has 10 heteroatoms. The van der Waals surface area contributed by atoms with Crippen LogP contribution in [-0.4, -0.2) is 28.1 Å². The number of nitrogens with zero attached hydrogens (tertiary/aromatic N) is 3. The second kappa shape index (κ2) is 11.0. The average molecular weight is 514 g/mol. The highest BCUT2D eigenvalue weighted by atomic mass is 79.9. The lowest BCUT2D eigenvalue weighted by atomic mass is 10.2. The fourth-order valence-electron chi connectivity index (χ4n) is 1.96. The summed E-state index contributed by atoms with van der Waals surface area (Å²) in [6, 6.07) is 15.4. The van der Waals surface area contributed by atoms with Crippen molar-refractivity contribution < 1.29 is 4.79 Å². The molecule has 1 aromatic heterocycles. The summed E-state index contributed by atoms with van der Waals surface area (Å²) in [5.74, 6) is 0.829. The molecule has 3 aromatic rings. The summed E-state index contributed by atoms with van der Waals surface area (Å²) in [5.41, 5.74) is 4.58. The van der Waals surface area contributed by atoms with Crippen molar-refractivity contribution in [3.63, 3.8) is 0 Å². The number of hydrazone groups is 1. The van der Waals surface area contributed by atoms with Crippen molar-refractivity contribution in [1.82, 2.24) is 15.6 Å². The summed E-state index contributed by atoms with van der Waals surface area (Å²) in [7, 11) is 0. The number of benzene rings is 2. The lowest BCUT2D eigenvalue weighted by Gasteiger charge is -1.98. The number of nitrogens with one attached hydrogen (secondary N) is 1. The van der Waals surface area contributed by atoms with Crippen LogP contribution >= 0.6 is 62.4 Å². The number of halogens is 2. The highest BCUT2D eigenvalue weighted by Gasteiger charge is 2.08. The molecule has 0 saturated carbocycles. The van der Waals surface area contributed by atoms with E-state index in [0.29, 0.717) is 0 Å². The molecule has 0 radical (unpaired) electrons. The number of amides is 1. The van der Waals surface area contributed by atoms with Crippen molar-refractivity contribution in [2.45, 2.75) is 14.4 Å². The Bertz CT molecular complexity index is 965. The number of carbonyl (C=O) groups is 1. The van der Waals surface area contributed by atoms with Crippen molar-refractivity contribution in [1.29, 1.82) is 0 Å². The number of hydrogen-bond acceptors (Lipinski definition) is 7. The maximum absolute atomic E-state index is 11.9. The van der Waals surface area contributed by atoms with Crippen LogP contribution in [0, 0.1) is 0 Å². The second-order valence-electron chi connectivity index (χ2n) is 5.39.